The third-order valence-electron chi connectivity index (χ3n) is 2.42. The molecular weight excluding hydrogens is 272 g/mol. The molecule has 0 heterocycles. The van der Waals surface area contributed by atoms with Crippen molar-refractivity contribution in [3.05, 3.63) is 23.6 Å². The first kappa shape index (κ1) is 17.7. The van der Waals surface area contributed by atoms with E-state index < -0.39 is 17.6 Å². The van der Waals surface area contributed by atoms with Gasteiger partial charge in [0, 0.05) is 42.7 Å². The van der Waals surface area contributed by atoms with Gasteiger partial charge in [-0.1, -0.05) is 12.2 Å². The number of rotatable bonds is 9. The van der Waals surface area contributed by atoms with Crippen molar-refractivity contribution in [2.24, 2.45) is 0 Å². The van der Waals surface area contributed by atoms with Crippen LogP contribution < -0.4 is 0 Å². The van der Waals surface area contributed by atoms with Gasteiger partial charge in [0.25, 0.3) is 0 Å². The molecule has 0 spiro atoms. The van der Waals surface area contributed by atoms with Crippen molar-refractivity contribution in [2.45, 2.75) is 0 Å². The summed E-state index contributed by atoms with van der Waals surface area (Å²) in [6, 6.07) is 0. The summed E-state index contributed by atoms with van der Waals surface area (Å²) in [5, 5.41) is 0. The zero-order chi connectivity index (χ0) is 14.1. The van der Waals surface area contributed by atoms with Gasteiger partial charge in [0.15, 0.2) is 0 Å². The van der Waals surface area contributed by atoms with E-state index in [0.29, 0.717) is 0 Å². The lowest BCUT2D eigenvalue weighted by molar-refractivity contribution is 0.137. The van der Waals surface area contributed by atoms with Gasteiger partial charge in [-0.2, -0.15) is 0 Å². The maximum Gasteiger partial charge on any atom is 0.528 e. The zero-order valence-electron chi connectivity index (χ0n) is 11.8. The number of hydrogen-bond acceptors (Lipinski definition) is 6. The molecule has 0 atom stereocenters. The molecule has 0 aromatic rings. The molecule has 0 aromatic carbocycles. The first-order chi connectivity index (χ1) is 8.57. The lowest BCUT2D eigenvalue weighted by Crippen LogP contribution is -2.41. The summed E-state index contributed by atoms with van der Waals surface area (Å²) >= 11 is 0. The Balaban J connectivity index is 4.72. The third-order valence-corrected chi connectivity index (χ3v) is 7.03. The average Bonchev–Trinajstić information content (AvgIpc) is 2.45. The average molecular weight is 294 g/mol. The summed E-state index contributed by atoms with van der Waals surface area (Å²) in [6.07, 6.45) is 3.53. The smallest absolute Gasteiger partial charge is 0.374 e. The Morgan fingerprint density at radius 3 is 0.889 bits per heavy atom. The molecule has 0 saturated heterocycles. The summed E-state index contributed by atoms with van der Waals surface area (Å²) in [4.78, 5) is 0. The standard InChI is InChI=1S/C10H22O6Si2/c1-11-17(12-2,13-3)9-7-8-10-18(14-4,15-5)16-6/h7-10H,1-6H3/b9-7+,10-8+. The Kier molecular flexibility index (Phi) is 8.56. The van der Waals surface area contributed by atoms with Gasteiger partial charge in [0.05, 0.1) is 0 Å². The van der Waals surface area contributed by atoms with Gasteiger partial charge in [-0.15, -0.1) is 0 Å². The molecule has 0 rings (SSSR count). The Morgan fingerprint density at radius 1 is 0.500 bits per heavy atom. The molecule has 8 heteroatoms. The highest BCUT2D eigenvalue weighted by molar-refractivity contribution is 6.67. The van der Waals surface area contributed by atoms with E-state index >= 15 is 0 Å². The number of hydrogen-bond donors (Lipinski definition) is 0. The van der Waals surface area contributed by atoms with Crippen molar-refractivity contribution in [3.8, 4) is 0 Å². The topological polar surface area (TPSA) is 55.4 Å². The molecule has 0 saturated carbocycles. The predicted octanol–water partition coefficient (Wildman–Crippen LogP) is 0.933. The molecule has 0 N–H and O–H groups in total. The Bertz CT molecular complexity index is 229. The van der Waals surface area contributed by atoms with Crippen molar-refractivity contribution in [3.63, 3.8) is 0 Å². The highest BCUT2D eigenvalue weighted by atomic mass is 28.4. The van der Waals surface area contributed by atoms with Gasteiger partial charge in [0.2, 0.25) is 0 Å². The highest BCUT2D eigenvalue weighted by Gasteiger charge is 2.35. The van der Waals surface area contributed by atoms with Crippen molar-refractivity contribution in [2.75, 3.05) is 42.7 Å². The van der Waals surface area contributed by atoms with Crippen molar-refractivity contribution >= 4 is 17.6 Å². The van der Waals surface area contributed by atoms with E-state index in [2.05, 4.69) is 0 Å². The lowest BCUT2D eigenvalue weighted by Gasteiger charge is -2.21. The SMILES string of the molecule is CO[Si](/C=C/C=C/[Si](OC)(OC)OC)(OC)OC. The summed E-state index contributed by atoms with van der Waals surface area (Å²) in [6.45, 7) is 0. The van der Waals surface area contributed by atoms with E-state index in [0.717, 1.165) is 0 Å². The van der Waals surface area contributed by atoms with Crippen LogP contribution >= 0.6 is 0 Å². The maximum absolute atomic E-state index is 5.24. The quantitative estimate of drug-likeness (QED) is 0.466. The van der Waals surface area contributed by atoms with Crippen LogP contribution in [0.25, 0.3) is 0 Å². The second-order valence-corrected chi connectivity index (χ2v) is 8.68. The van der Waals surface area contributed by atoms with E-state index in [1.807, 2.05) is 0 Å². The monoisotopic (exact) mass is 294 g/mol. The van der Waals surface area contributed by atoms with Gasteiger partial charge >= 0.3 is 17.6 Å². The summed E-state index contributed by atoms with van der Waals surface area (Å²) in [5.41, 5.74) is 3.51. The van der Waals surface area contributed by atoms with E-state index in [1.54, 1.807) is 66.2 Å². The van der Waals surface area contributed by atoms with Crippen LogP contribution in [-0.4, -0.2) is 60.3 Å². The van der Waals surface area contributed by atoms with Crippen LogP contribution in [0, 0.1) is 0 Å². The lowest BCUT2D eigenvalue weighted by atomic mass is 10.6. The second-order valence-electron chi connectivity index (χ2n) is 3.15. The van der Waals surface area contributed by atoms with Crippen LogP contribution in [0.2, 0.25) is 0 Å². The van der Waals surface area contributed by atoms with Crippen LogP contribution in [0.5, 0.6) is 0 Å². The highest BCUT2D eigenvalue weighted by Crippen LogP contribution is 2.10. The Hall–Kier alpha value is -0.326. The minimum absolute atomic E-state index is 1.55. The van der Waals surface area contributed by atoms with Crippen molar-refractivity contribution in [1.82, 2.24) is 0 Å². The van der Waals surface area contributed by atoms with Gasteiger partial charge in [-0.05, 0) is 11.4 Å². The van der Waals surface area contributed by atoms with Gasteiger partial charge in [-0.3, -0.25) is 0 Å². The Morgan fingerprint density at radius 2 is 0.722 bits per heavy atom. The van der Waals surface area contributed by atoms with Crippen LogP contribution in [0.15, 0.2) is 23.6 Å². The molecule has 106 valence electrons. The molecular formula is C10H22O6Si2. The van der Waals surface area contributed by atoms with Gasteiger partial charge in [-0.25, -0.2) is 0 Å². The fourth-order valence-corrected chi connectivity index (χ4v) is 3.77. The summed E-state index contributed by atoms with van der Waals surface area (Å²) in [5.74, 6) is 0. The Labute approximate surface area is 111 Å². The molecule has 18 heavy (non-hydrogen) atoms. The molecule has 0 fully saturated rings. The predicted molar refractivity (Wildman–Crippen MR) is 71.8 cm³/mol. The third kappa shape index (κ3) is 4.74. The normalized spacial score (nSPS) is 13.9. The first-order valence-corrected chi connectivity index (χ1v) is 8.86. The fourth-order valence-electron chi connectivity index (χ4n) is 1.26. The van der Waals surface area contributed by atoms with E-state index in [9.17, 15) is 0 Å². The molecule has 0 aliphatic heterocycles. The molecule has 6 nitrogen and oxygen atoms in total. The number of allylic oxidation sites excluding steroid dienone is 2. The van der Waals surface area contributed by atoms with Crippen molar-refractivity contribution in [1.29, 1.82) is 0 Å². The van der Waals surface area contributed by atoms with Gasteiger partial charge in [0.1, 0.15) is 0 Å². The van der Waals surface area contributed by atoms with E-state index in [4.69, 9.17) is 26.6 Å². The molecule has 0 amide bonds. The summed E-state index contributed by atoms with van der Waals surface area (Å²) in [7, 11) is 3.92. The molecule has 0 unspecified atom stereocenters. The van der Waals surface area contributed by atoms with Crippen molar-refractivity contribution < 1.29 is 26.6 Å². The van der Waals surface area contributed by atoms with Crippen LogP contribution in [0.1, 0.15) is 0 Å². The summed E-state index contributed by atoms with van der Waals surface area (Å²) < 4.78 is 31.4. The maximum atomic E-state index is 5.24. The van der Waals surface area contributed by atoms with E-state index in [1.165, 1.54) is 0 Å². The second kappa shape index (κ2) is 8.72. The van der Waals surface area contributed by atoms with E-state index in [-0.39, 0.29) is 0 Å². The van der Waals surface area contributed by atoms with Crippen LogP contribution in [-0.2, 0) is 26.6 Å². The fraction of sp³-hybridized carbons (Fsp3) is 0.600. The largest absolute Gasteiger partial charge is 0.528 e. The minimum Gasteiger partial charge on any atom is -0.374 e. The molecule has 0 radical (unpaired) electrons. The first-order valence-electron chi connectivity index (χ1n) is 5.25. The van der Waals surface area contributed by atoms with Crippen LogP contribution in [0.3, 0.4) is 0 Å². The molecule has 0 aliphatic carbocycles. The molecule has 0 aliphatic rings. The minimum atomic E-state index is -2.68. The van der Waals surface area contributed by atoms with Crippen LogP contribution in [0.4, 0.5) is 0 Å². The molecule has 0 bridgehead atoms. The van der Waals surface area contributed by atoms with Gasteiger partial charge < -0.3 is 26.6 Å². The molecule has 0 aromatic heterocycles. The zero-order valence-corrected chi connectivity index (χ0v) is 13.8.